The standard InChI is InChI=1S/C25H27F3N2O3/c1-16(17-4-2-5-19(14-17)25(26,27)28)30(20-8-9-20)24(32)6-3-13-33-21-10-11-22-18(15-21)7-12-23(31)29-22/h2,4-5,10-11,14-16,20H,3,6-9,12-13H2,1H3,(H,29,31). The van der Waals surface area contributed by atoms with E-state index < -0.39 is 17.8 Å². The first-order valence-electron chi connectivity index (χ1n) is 11.3. The third-order valence-electron chi connectivity index (χ3n) is 6.12. The summed E-state index contributed by atoms with van der Waals surface area (Å²) in [5, 5.41) is 2.83. The molecule has 0 bridgehead atoms. The molecule has 1 fully saturated rings. The van der Waals surface area contributed by atoms with Gasteiger partial charge in [-0.05, 0) is 74.1 Å². The summed E-state index contributed by atoms with van der Waals surface area (Å²) >= 11 is 0. The van der Waals surface area contributed by atoms with Crippen molar-refractivity contribution in [2.75, 3.05) is 11.9 Å². The van der Waals surface area contributed by atoms with Crippen molar-refractivity contribution in [3.05, 3.63) is 59.2 Å². The summed E-state index contributed by atoms with van der Waals surface area (Å²) in [5.41, 5.74) is 1.62. The van der Waals surface area contributed by atoms with Crippen molar-refractivity contribution in [2.24, 2.45) is 0 Å². The molecule has 1 aliphatic heterocycles. The number of anilines is 1. The second kappa shape index (κ2) is 9.45. The van der Waals surface area contributed by atoms with E-state index in [2.05, 4.69) is 5.32 Å². The van der Waals surface area contributed by atoms with E-state index in [0.717, 1.165) is 36.2 Å². The highest BCUT2D eigenvalue weighted by molar-refractivity contribution is 5.94. The van der Waals surface area contributed by atoms with E-state index in [1.54, 1.807) is 24.0 Å². The summed E-state index contributed by atoms with van der Waals surface area (Å²) in [6, 6.07) is 10.4. The average Bonchev–Trinajstić information content (AvgIpc) is 3.61. The van der Waals surface area contributed by atoms with Gasteiger partial charge in [0.15, 0.2) is 0 Å². The van der Waals surface area contributed by atoms with Crippen LogP contribution in [0.1, 0.15) is 61.8 Å². The van der Waals surface area contributed by atoms with Gasteiger partial charge in [-0.15, -0.1) is 0 Å². The molecule has 33 heavy (non-hydrogen) atoms. The van der Waals surface area contributed by atoms with Gasteiger partial charge in [0.2, 0.25) is 11.8 Å². The second-order valence-electron chi connectivity index (χ2n) is 8.65. The minimum atomic E-state index is -4.41. The van der Waals surface area contributed by atoms with E-state index in [1.807, 2.05) is 12.1 Å². The Morgan fingerprint density at radius 2 is 1.97 bits per heavy atom. The lowest BCUT2D eigenvalue weighted by atomic mass is 10.0. The van der Waals surface area contributed by atoms with Crippen LogP contribution in [0.5, 0.6) is 5.75 Å². The van der Waals surface area contributed by atoms with Crippen molar-refractivity contribution in [1.82, 2.24) is 4.90 Å². The van der Waals surface area contributed by atoms with Crippen LogP contribution >= 0.6 is 0 Å². The molecule has 1 aliphatic carbocycles. The van der Waals surface area contributed by atoms with E-state index in [0.29, 0.717) is 37.2 Å². The third kappa shape index (κ3) is 5.67. The third-order valence-corrected chi connectivity index (χ3v) is 6.12. The predicted molar refractivity (Wildman–Crippen MR) is 118 cm³/mol. The lowest BCUT2D eigenvalue weighted by Crippen LogP contribution is -2.35. The number of aryl methyl sites for hydroxylation is 1. The highest BCUT2D eigenvalue weighted by atomic mass is 19.4. The van der Waals surface area contributed by atoms with Crippen LogP contribution in [-0.4, -0.2) is 29.4 Å². The maximum Gasteiger partial charge on any atom is 0.416 e. The summed E-state index contributed by atoms with van der Waals surface area (Å²) in [4.78, 5) is 26.2. The lowest BCUT2D eigenvalue weighted by Gasteiger charge is -2.30. The monoisotopic (exact) mass is 460 g/mol. The minimum Gasteiger partial charge on any atom is -0.494 e. The maximum absolute atomic E-state index is 13.1. The Balaban J connectivity index is 1.33. The Labute approximate surface area is 190 Å². The molecule has 0 spiro atoms. The molecule has 2 aromatic carbocycles. The summed E-state index contributed by atoms with van der Waals surface area (Å²) in [5.74, 6) is 0.627. The van der Waals surface area contributed by atoms with Crippen molar-refractivity contribution in [1.29, 1.82) is 0 Å². The Hall–Kier alpha value is -3.03. The van der Waals surface area contributed by atoms with Crippen LogP contribution in [0.4, 0.5) is 18.9 Å². The number of hydrogen-bond acceptors (Lipinski definition) is 3. The van der Waals surface area contributed by atoms with Gasteiger partial charge in [0.1, 0.15) is 5.75 Å². The Bertz CT molecular complexity index is 1030. The second-order valence-corrected chi connectivity index (χ2v) is 8.65. The predicted octanol–water partition coefficient (Wildman–Crippen LogP) is 5.50. The maximum atomic E-state index is 13.1. The summed E-state index contributed by atoms with van der Waals surface area (Å²) in [6.45, 7) is 2.14. The normalized spacial score (nSPS) is 16.5. The largest absolute Gasteiger partial charge is 0.494 e. The minimum absolute atomic E-state index is 0.00857. The molecule has 1 atom stereocenters. The molecule has 1 unspecified atom stereocenters. The summed E-state index contributed by atoms with van der Waals surface area (Å²) in [7, 11) is 0. The molecule has 0 radical (unpaired) electrons. The first kappa shape index (κ1) is 23.1. The van der Waals surface area contributed by atoms with E-state index in [-0.39, 0.29) is 24.3 Å². The number of benzene rings is 2. The average molecular weight is 460 g/mol. The highest BCUT2D eigenvalue weighted by Crippen LogP contribution is 2.37. The number of nitrogens with one attached hydrogen (secondary N) is 1. The van der Waals surface area contributed by atoms with Gasteiger partial charge in [0.25, 0.3) is 0 Å². The SMILES string of the molecule is CC(c1cccc(C(F)(F)F)c1)N(C(=O)CCCOc1ccc2c(c1)CCC(=O)N2)C1CC1. The zero-order valence-electron chi connectivity index (χ0n) is 18.5. The van der Waals surface area contributed by atoms with Crippen LogP contribution in [0, 0.1) is 0 Å². The zero-order chi connectivity index (χ0) is 23.6. The number of amides is 2. The molecule has 1 N–H and O–H groups in total. The lowest BCUT2D eigenvalue weighted by molar-refractivity contribution is -0.137. The van der Waals surface area contributed by atoms with Crippen LogP contribution in [0.2, 0.25) is 0 Å². The molecule has 2 amide bonds. The molecule has 1 saturated carbocycles. The van der Waals surface area contributed by atoms with Gasteiger partial charge in [-0.2, -0.15) is 13.2 Å². The smallest absolute Gasteiger partial charge is 0.416 e. The fourth-order valence-corrected chi connectivity index (χ4v) is 4.22. The van der Waals surface area contributed by atoms with Gasteiger partial charge < -0.3 is 15.0 Å². The molecule has 176 valence electrons. The number of nitrogens with zero attached hydrogens (tertiary/aromatic N) is 1. The molecule has 1 heterocycles. The molecule has 4 rings (SSSR count). The van der Waals surface area contributed by atoms with Crippen LogP contribution < -0.4 is 10.1 Å². The van der Waals surface area contributed by atoms with Gasteiger partial charge in [-0.3, -0.25) is 9.59 Å². The van der Waals surface area contributed by atoms with Crippen LogP contribution in [0.3, 0.4) is 0 Å². The number of halogens is 3. The molecular formula is C25H27F3N2O3. The molecule has 0 aromatic heterocycles. The zero-order valence-corrected chi connectivity index (χ0v) is 18.5. The number of carbonyl (C=O) groups is 2. The number of fused-ring (bicyclic) bond motifs is 1. The van der Waals surface area contributed by atoms with E-state index in [4.69, 9.17) is 4.74 Å². The molecule has 0 saturated heterocycles. The van der Waals surface area contributed by atoms with Crippen LogP contribution in [0.25, 0.3) is 0 Å². The van der Waals surface area contributed by atoms with Crippen molar-refractivity contribution in [2.45, 2.75) is 63.7 Å². The van der Waals surface area contributed by atoms with Crippen molar-refractivity contribution in [3.63, 3.8) is 0 Å². The quantitative estimate of drug-likeness (QED) is 0.529. The number of alkyl halides is 3. The first-order valence-corrected chi connectivity index (χ1v) is 11.3. The van der Waals surface area contributed by atoms with E-state index in [1.165, 1.54) is 6.07 Å². The van der Waals surface area contributed by atoms with Gasteiger partial charge in [-0.25, -0.2) is 0 Å². The Kier molecular flexibility index (Phi) is 6.63. The molecule has 2 aromatic rings. The summed E-state index contributed by atoms with van der Waals surface area (Å²) < 4.78 is 45.1. The molecular weight excluding hydrogens is 433 g/mol. The Morgan fingerprint density at radius 1 is 1.18 bits per heavy atom. The molecule has 5 nitrogen and oxygen atoms in total. The fourth-order valence-electron chi connectivity index (χ4n) is 4.22. The molecule has 8 heteroatoms. The number of rotatable bonds is 8. The van der Waals surface area contributed by atoms with Gasteiger partial charge in [0, 0.05) is 24.6 Å². The van der Waals surface area contributed by atoms with Crippen LogP contribution in [-0.2, 0) is 22.2 Å². The fraction of sp³-hybridized carbons (Fsp3) is 0.440. The van der Waals surface area contributed by atoms with Gasteiger partial charge in [-0.1, -0.05) is 12.1 Å². The van der Waals surface area contributed by atoms with Crippen LogP contribution in [0.15, 0.2) is 42.5 Å². The van der Waals surface area contributed by atoms with Gasteiger partial charge >= 0.3 is 6.18 Å². The van der Waals surface area contributed by atoms with Crippen molar-refractivity contribution >= 4 is 17.5 Å². The van der Waals surface area contributed by atoms with Crippen molar-refractivity contribution < 1.29 is 27.5 Å². The summed E-state index contributed by atoms with van der Waals surface area (Å²) in [6.07, 6.45) is -0.781. The number of carbonyl (C=O) groups excluding carboxylic acids is 2. The Morgan fingerprint density at radius 3 is 2.70 bits per heavy atom. The highest BCUT2D eigenvalue weighted by Gasteiger charge is 2.37. The number of hydrogen-bond donors (Lipinski definition) is 1. The van der Waals surface area contributed by atoms with Crippen molar-refractivity contribution in [3.8, 4) is 5.75 Å². The van der Waals surface area contributed by atoms with Gasteiger partial charge in [0.05, 0.1) is 18.2 Å². The topological polar surface area (TPSA) is 58.6 Å². The molecule has 2 aliphatic rings. The number of ether oxygens (including phenoxy) is 1. The first-order chi connectivity index (χ1) is 15.7. The van der Waals surface area contributed by atoms with E-state index in [9.17, 15) is 22.8 Å². The van der Waals surface area contributed by atoms with E-state index >= 15 is 0 Å².